The van der Waals surface area contributed by atoms with Crippen LogP contribution in [0.25, 0.3) is 0 Å². The number of methoxy groups -OCH3 is 3. The number of nitrogens with zero attached hydrogens (tertiary/aromatic N) is 3. The third-order valence-electron chi connectivity index (χ3n) is 6.09. The first-order valence-corrected chi connectivity index (χ1v) is 13.1. The van der Waals surface area contributed by atoms with E-state index in [1.54, 1.807) is 37.8 Å². The molecule has 0 aliphatic carbocycles. The molecule has 0 bridgehead atoms. The highest BCUT2D eigenvalue weighted by atomic mass is 32.2. The lowest BCUT2D eigenvalue weighted by atomic mass is 9.94. The number of thioether (sulfide) groups is 1. The minimum absolute atomic E-state index is 0.240. The zero-order valence-electron chi connectivity index (χ0n) is 22.0. The van der Waals surface area contributed by atoms with Crippen molar-refractivity contribution in [3.63, 3.8) is 0 Å². The van der Waals surface area contributed by atoms with E-state index < -0.39 is 6.04 Å². The number of unbranched alkanes of at least 4 members (excludes halogenated alkanes) is 1. The molecule has 2 heterocycles. The van der Waals surface area contributed by atoms with E-state index in [-0.39, 0.29) is 5.91 Å². The van der Waals surface area contributed by atoms with Crippen molar-refractivity contribution in [3.8, 4) is 17.2 Å². The van der Waals surface area contributed by atoms with Crippen molar-refractivity contribution in [1.29, 1.82) is 0 Å². The number of ether oxygens (including phenoxy) is 3. The van der Waals surface area contributed by atoms with Gasteiger partial charge in [-0.05, 0) is 55.7 Å². The molecule has 0 saturated heterocycles. The van der Waals surface area contributed by atoms with E-state index in [2.05, 4.69) is 17.6 Å². The molecule has 1 aromatic heterocycles. The van der Waals surface area contributed by atoms with Crippen molar-refractivity contribution >= 4 is 29.3 Å². The lowest BCUT2D eigenvalue weighted by Crippen LogP contribution is -2.31. The fourth-order valence-electron chi connectivity index (χ4n) is 4.28. The summed E-state index contributed by atoms with van der Waals surface area (Å²) in [4.78, 5) is 18.5. The van der Waals surface area contributed by atoms with Gasteiger partial charge in [0.25, 0.3) is 5.91 Å². The van der Waals surface area contributed by atoms with Gasteiger partial charge in [-0.3, -0.25) is 4.79 Å². The zero-order valence-corrected chi connectivity index (χ0v) is 22.9. The fourth-order valence-corrected chi connectivity index (χ4v) is 5.20. The number of allylic oxidation sites excluding steroid dienone is 1. The van der Waals surface area contributed by atoms with Gasteiger partial charge in [0.15, 0.2) is 11.5 Å². The van der Waals surface area contributed by atoms with Gasteiger partial charge in [0.2, 0.25) is 16.9 Å². The third-order valence-corrected chi connectivity index (χ3v) is 7.01. The van der Waals surface area contributed by atoms with Crippen LogP contribution in [0.4, 0.5) is 11.6 Å². The van der Waals surface area contributed by atoms with Crippen LogP contribution in [0.5, 0.6) is 17.2 Å². The van der Waals surface area contributed by atoms with Crippen LogP contribution in [0.15, 0.2) is 52.8 Å². The standard InChI is InChI=1S/C27H33N5O4S/c1-7-8-12-37-27-30-26-28-17(3)22(25(33)29-19-11-9-10-16(2)13-19)23(32(26)31-27)18-14-20(34-4)24(36-6)21(15-18)35-5/h9-11,13-15,23H,7-8,12H2,1-6H3,(H,29,33)(H,28,30,31). The van der Waals surface area contributed by atoms with Crippen LogP contribution in [0.1, 0.15) is 43.9 Å². The molecule has 0 fully saturated rings. The van der Waals surface area contributed by atoms with Gasteiger partial charge in [-0.25, -0.2) is 4.68 Å². The summed E-state index contributed by atoms with van der Waals surface area (Å²) in [6.07, 6.45) is 2.16. The molecule has 1 aliphatic heterocycles. The second-order valence-corrected chi connectivity index (χ2v) is 9.78. The first-order valence-electron chi connectivity index (χ1n) is 12.1. The molecular weight excluding hydrogens is 490 g/mol. The Morgan fingerprint density at radius 3 is 2.46 bits per heavy atom. The van der Waals surface area contributed by atoms with Crippen LogP contribution in [-0.2, 0) is 4.79 Å². The maximum Gasteiger partial charge on any atom is 0.255 e. The number of benzene rings is 2. The molecule has 37 heavy (non-hydrogen) atoms. The van der Waals surface area contributed by atoms with E-state index in [1.807, 2.05) is 50.2 Å². The molecule has 1 amide bonds. The van der Waals surface area contributed by atoms with E-state index in [0.29, 0.717) is 45.3 Å². The monoisotopic (exact) mass is 523 g/mol. The summed E-state index contributed by atoms with van der Waals surface area (Å²) in [6.45, 7) is 6.01. The zero-order chi connectivity index (χ0) is 26.5. The highest BCUT2D eigenvalue weighted by Gasteiger charge is 2.35. The number of hydrogen-bond acceptors (Lipinski definition) is 8. The summed E-state index contributed by atoms with van der Waals surface area (Å²) in [5.41, 5.74) is 3.72. The Labute approximate surface area is 221 Å². The molecule has 0 saturated carbocycles. The van der Waals surface area contributed by atoms with Crippen molar-refractivity contribution in [1.82, 2.24) is 14.8 Å². The smallest absolute Gasteiger partial charge is 0.255 e. The normalized spacial score (nSPS) is 14.6. The van der Waals surface area contributed by atoms with E-state index >= 15 is 0 Å². The first-order chi connectivity index (χ1) is 17.9. The molecule has 196 valence electrons. The van der Waals surface area contributed by atoms with Gasteiger partial charge < -0.3 is 24.8 Å². The summed E-state index contributed by atoms with van der Waals surface area (Å²) in [5.74, 6) is 2.71. The van der Waals surface area contributed by atoms with Gasteiger partial charge >= 0.3 is 0 Å². The molecule has 4 rings (SSSR count). The summed E-state index contributed by atoms with van der Waals surface area (Å²) >= 11 is 1.60. The van der Waals surface area contributed by atoms with Crippen molar-refractivity contribution in [2.75, 3.05) is 37.7 Å². The lowest BCUT2D eigenvalue weighted by molar-refractivity contribution is -0.113. The van der Waals surface area contributed by atoms with Crippen LogP contribution in [-0.4, -0.2) is 47.8 Å². The van der Waals surface area contributed by atoms with Crippen LogP contribution in [0.3, 0.4) is 0 Å². The molecule has 1 atom stereocenters. The number of aryl methyl sites for hydroxylation is 1. The Morgan fingerprint density at radius 1 is 1.11 bits per heavy atom. The Balaban J connectivity index is 1.83. The summed E-state index contributed by atoms with van der Waals surface area (Å²) in [6, 6.07) is 10.8. The SMILES string of the molecule is CCCCSc1nc2n(n1)C(c1cc(OC)c(OC)c(OC)c1)C(C(=O)Nc1cccc(C)c1)=C(C)N2. The number of nitrogens with one attached hydrogen (secondary N) is 2. The van der Waals surface area contributed by atoms with Crippen LogP contribution in [0.2, 0.25) is 0 Å². The average Bonchev–Trinajstić information content (AvgIpc) is 3.29. The van der Waals surface area contributed by atoms with Crippen LogP contribution in [0, 0.1) is 6.92 Å². The highest BCUT2D eigenvalue weighted by molar-refractivity contribution is 7.99. The molecule has 1 aliphatic rings. The molecule has 10 heteroatoms. The Morgan fingerprint density at radius 2 is 1.84 bits per heavy atom. The van der Waals surface area contributed by atoms with E-state index in [9.17, 15) is 4.79 Å². The van der Waals surface area contributed by atoms with Gasteiger partial charge in [-0.2, -0.15) is 4.98 Å². The van der Waals surface area contributed by atoms with Crippen molar-refractivity contribution in [2.45, 2.75) is 44.8 Å². The number of hydrogen-bond donors (Lipinski definition) is 2. The lowest BCUT2D eigenvalue weighted by Gasteiger charge is -2.29. The van der Waals surface area contributed by atoms with Crippen molar-refractivity contribution < 1.29 is 19.0 Å². The predicted molar refractivity (Wildman–Crippen MR) is 146 cm³/mol. The van der Waals surface area contributed by atoms with Crippen molar-refractivity contribution in [3.05, 3.63) is 58.8 Å². The number of carbonyl (C=O) groups is 1. The quantitative estimate of drug-likeness (QED) is 0.268. The highest BCUT2D eigenvalue weighted by Crippen LogP contribution is 2.44. The van der Waals surface area contributed by atoms with E-state index in [0.717, 1.165) is 29.7 Å². The van der Waals surface area contributed by atoms with Crippen LogP contribution < -0.4 is 24.8 Å². The van der Waals surface area contributed by atoms with Gasteiger partial charge in [-0.1, -0.05) is 37.2 Å². The Hall–Kier alpha value is -3.66. The maximum absolute atomic E-state index is 13.8. The third kappa shape index (κ3) is 5.53. The minimum Gasteiger partial charge on any atom is -0.493 e. The molecule has 0 radical (unpaired) electrons. The second-order valence-electron chi connectivity index (χ2n) is 8.71. The van der Waals surface area contributed by atoms with Gasteiger partial charge in [0, 0.05) is 17.1 Å². The molecule has 1 unspecified atom stereocenters. The molecule has 2 aromatic carbocycles. The van der Waals surface area contributed by atoms with Gasteiger partial charge in [-0.15, -0.1) is 5.10 Å². The second kappa shape index (κ2) is 11.6. The topological polar surface area (TPSA) is 99.5 Å². The van der Waals surface area contributed by atoms with Crippen LogP contribution >= 0.6 is 11.8 Å². The summed E-state index contributed by atoms with van der Waals surface area (Å²) in [5, 5.41) is 11.8. The molecule has 9 nitrogen and oxygen atoms in total. The van der Waals surface area contributed by atoms with E-state index in [4.69, 9.17) is 24.3 Å². The largest absolute Gasteiger partial charge is 0.493 e. The van der Waals surface area contributed by atoms with Crippen molar-refractivity contribution in [2.24, 2.45) is 0 Å². The molecular formula is C27H33N5O4S. The summed E-state index contributed by atoms with van der Waals surface area (Å²) < 4.78 is 18.5. The number of anilines is 2. The van der Waals surface area contributed by atoms with Gasteiger partial charge in [0.1, 0.15) is 6.04 Å². The Kier molecular flexibility index (Phi) is 8.27. The maximum atomic E-state index is 13.8. The Bertz CT molecular complexity index is 1290. The number of aromatic nitrogens is 3. The molecule has 0 spiro atoms. The fraction of sp³-hybridized carbons (Fsp3) is 0.370. The molecule has 3 aromatic rings. The first kappa shape index (κ1) is 26.4. The number of amides is 1. The minimum atomic E-state index is -0.581. The summed E-state index contributed by atoms with van der Waals surface area (Å²) in [7, 11) is 4.70. The number of carbonyl (C=O) groups excluding carboxylic acids is 1. The number of rotatable bonds is 10. The number of fused-ring (bicyclic) bond motifs is 1. The average molecular weight is 524 g/mol. The molecule has 2 N–H and O–H groups in total. The van der Waals surface area contributed by atoms with Gasteiger partial charge in [0.05, 0.1) is 26.9 Å². The predicted octanol–water partition coefficient (Wildman–Crippen LogP) is 5.43. The van der Waals surface area contributed by atoms with E-state index in [1.165, 1.54) is 0 Å².